The highest BCUT2D eigenvalue weighted by Crippen LogP contribution is 2.22. The van der Waals surface area contributed by atoms with E-state index in [9.17, 15) is 23.1 Å². The highest BCUT2D eigenvalue weighted by atomic mass is 19.4. The summed E-state index contributed by atoms with van der Waals surface area (Å²) in [6.45, 7) is 3.93. The molecule has 23 heavy (non-hydrogen) atoms. The summed E-state index contributed by atoms with van der Waals surface area (Å²) < 4.78 is 39.9. The van der Waals surface area contributed by atoms with Crippen molar-refractivity contribution in [3.05, 3.63) is 29.8 Å². The predicted octanol–water partition coefficient (Wildman–Crippen LogP) is 1.90. The molecule has 1 amide bonds. The first-order chi connectivity index (χ1) is 10.4. The number of aliphatic hydroxyl groups is 1. The van der Waals surface area contributed by atoms with Gasteiger partial charge in [-0.3, -0.25) is 9.69 Å². The van der Waals surface area contributed by atoms with Crippen LogP contribution in [0.5, 0.6) is 5.75 Å². The highest BCUT2D eigenvalue weighted by Gasteiger charge is 2.30. The summed E-state index contributed by atoms with van der Waals surface area (Å²) in [5.41, 5.74) is -0.249. The Morgan fingerprint density at radius 3 is 2.30 bits per heavy atom. The molecular weight excluding hydrogens is 313 g/mol. The summed E-state index contributed by atoms with van der Waals surface area (Å²) in [5.74, 6) is -0.551. The number of hydrogen-bond donors (Lipinski definition) is 2. The summed E-state index contributed by atoms with van der Waals surface area (Å²) in [5, 5.41) is 12.3. The number of nitrogens with zero attached hydrogens (tertiary/aromatic N) is 1. The Morgan fingerprint density at radius 1 is 1.26 bits per heavy atom. The second-order valence-electron chi connectivity index (χ2n) is 5.95. The monoisotopic (exact) mass is 334 g/mol. The fourth-order valence-corrected chi connectivity index (χ4v) is 2.03. The minimum Gasteiger partial charge on any atom is -0.406 e. The van der Waals surface area contributed by atoms with E-state index in [1.807, 2.05) is 0 Å². The van der Waals surface area contributed by atoms with Crippen molar-refractivity contribution in [3.8, 4) is 5.75 Å². The van der Waals surface area contributed by atoms with Gasteiger partial charge in [-0.25, -0.2) is 0 Å². The smallest absolute Gasteiger partial charge is 0.406 e. The SMILES string of the molecule is CN(CC(=O)NCc1ccc(OC(F)(F)F)cc1)CC(C)(C)O. The van der Waals surface area contributed by atoms with E-state index in [-0.39, 0.29) is 24.7 Å². The van der Waals surface area contributed by atoms with Gasteiger partial charge in [-0.1, -0.05) is 12.1 Å². The molecule has 0 bridgehead atoms. The number of rotatable bonds is 7. The normalized spacial score (nSPS) is 12.3. The third kappa shape index (κ3) is 9.04. The minimum absolute atomic E-state index is 0.110. The van der Waals surface area contributed by atoms with Gasteiger partial charge in [0.2, 0.25) is 5.91 Å². The Morgan fingerprint density at radius 2 is 1.83 bits per heavy atom. The Kier molecular flexibility index (Phi) is 6.40. The lowest BCUT2D eigenvalue weighted by molar-refractivity contribution is -0.274. The molecule has 8 heteroatoms. The molecular formula is C15H21F3N2O3. The van der Waals surface area contributed by atoms with E-state index in [1.165, 1.54) is 24.3 Å². The molecule has 0 heterocycles. The van der Waals surface area contributed by atoms with Gasteiger partial charge in [-0.2, -0.15) is 0 Å². The first-order valence-corrected chi connectivity index (χ1v) is 6.97. The molecule has 1 aromatic carbocycles. The number of likely N-dealkylation sites (N-methyl/N-ethyl adjacent to an activating group) is 1. The molecule has 0 radical (unpaired) electrons. The van der Waals surface area contributed by atoms with E-state index in [1.54, 1.807) is 25.8 Å². The van der Waals surface area contributed by atoms with E-state index in [0.29, 0.717) is 12.1 Å². The molecule has 0 unspecified atom stereocenters. The summed E-state index contributed by atoms with van der Waals surface area (Å²) in [4.78, 5) is 13.4. The molecule has 1 rings (SSSR count). The summed E-state index contributed by atoms with van der Waals surface area (Å²) in [6, 6.07) is 5.27. The minimum atomic E-state index is -4.72. The molecule has 1 aromatic rings. The van der Waals surface area contributed by atoms with Crippen molar-refractivity contribution < 1.29 is 27.8 Å². The van der Waals surface area contributed by atoms with Gasteiger partial charge < -0.3 is 15.2 Å². The Balaban J connectivity index is 2.41. The van der Waals surface area contributed by atoms with Crippen LogP contribution in [0.1, 0.15) is 19.4 Å². The zero-order valence-electron chi connectivity index (χ0n) is 13.3. The van der Waals surface area contributed by atoms with Crippen LogP contribution in [-0.2, 0) is 11.3 Å². The van der Waals surface area contributed by atoms with Gasteiger partial charge in [0, 0.05) is 13.1 Å². The zero-order chi connectivity index (χ0) is 17.7. The summed E-state index contributed by atoms with van der Waals surface area (Å²) in [6.07, 6.45) is -4.72. The van der Waals surface area contributed by atoms with E-state index < -0.39 is 12.0 Å². The zero-order valence-corrected chi connectivity index (χ0v) is 13.3. The van der Waals surface area contributed by atoms with E-state index in [0.717, 1.165) is 0 Å². The standard InChI is InChI=1S/C15H21F3N2O3/c1-14(2,22)10-20(3)9-13(21)19-8-11-4-6-12(7-5-11)23-15(16,17)18/h4-7,22H,8-10H2,1-3H3,(H,19,21). The van der Waals surface area contributed by atoms with Gasteiger partial charge in [-0.15, -0.1) is 13.2 Å². The molecule has 0 saturated heterocycles. The van der Waals surface area contributed by atoms with E-state index in [2.05, 4.69) is 10.1 Å². The van der Waals surface area contributed by atoms with Gasteiger partial charge in [0.15, 0.2) is 0 Å². The molecule has 130 valence electrons. The topological polar surface area (TPSA) is 61.8 Å². The van der Waals surface area contributed by atoms with Gasteiger partial charge in [0.1, 0.15) is 5.75 Å². The molecule has 0 aliphatic carbocycles. The molecule has 0 aliphatic heterocycles. The first-order valence-electron chi connectivity index (χ1n) is 6.97. The average molecular weight is 334 g/mol. The first kappa shape index (κ1) is 19.2. The van der Waals surface area contributed by atoms with Crippen molar-refractivity contribution in [2.24, 2.45) is 0 Å². The molecule has 0 atom stereocenters. The van der Waals surface area contributed by atoms with Crippen LogP contribution in [0.3, 0.4) is 0 Å². The maximum atomic E-state index is 12.0. The van der Waals surface area contributed by atoms with Crippen molar-refractivity contribution in [3.63, 3.8) is 0 Å². The molecule has 5 nitrogen and oxygen atoms in total. The van der Waals surface area contributed by atoms with Gasteiger partial charge in [0.25, 0.3) is 0 Å². The molecule has 0 aromatic heterocycles. The quantitative estimate of drug-likeness (QED) is 0.800. The van der Waals surface area contributed by atoms with Crippen molar-refractivity contribution in [1.82, 2.24) is 10.2 Å². The van der Waals surface area contributed by atoms with Crippen LogP contribution in [0.4, 0.5) is 13.2 Å². The molecule has 2 N–H and O–H groups in total. The maximum absolute atomic E-state index is 12.0. The van der Waals surface area contributed by atoms with Gasteiger partial charge in [-0.05, 0) is 38.6 Å². The fourth-order valence-electron chi connectivity index (χ4n) is 2.03. The Hall–Kier alpha value is -1.80. The third-order valence-electron chi connectivity index (χ3n) is 2.72. The third-order valence-corrected chi connectivity index (χ3v) is 2.72. The number of amides is 1. The second-order valence-corrected chi connectivity index (χ2v) is 5.95. The molecule has 0 saturated carbocycles. The van der Waals surface area contributed by atoms with Crippen LogP contribution in [0.25, 0.3) is 0 Å². The molecule has 0 spiro atoms. The summed E-state index contributed by atoms with van der Waals surface area (Å²) >= 11 is 0. The van der Waals surface area contributed by atoms with E-state index >= 15 is 0 Å². The van der Waals surface area contributed by atoms with Crippen LogP contribution in [0.2, 0.25) is 0 Å². The van der Waals surface area contributed by atoms with Crippen LogP contribution in [0, 0.1) is 0 Å². The number of carbonyl (C=O) groups excluding carboxylic acids is 1. The Labute approximate surface area is 133 Å². The maximum Gasteiger partial charge on any atom is 0.573 e. The van der Waals surface area contributed by atoms with Crippen molar-refractivity contribution >= 4 is 5.91 Å². The van der Waals surface area contributed by atoms with Gasteiger partial charge >= 0.3 is 6.36 Å². The number of halogens is 3. The van der Waals surface area contributed by atoms with Crippen LogP contribution < -0.4 is 10.1 Å². The van der Waals surface area contributed by atoms with Crippen LogP contribution in [-0.4, -0.2) is 48.0 Å². The number of carbonyl (C=O) groups is 1. The molecule has 0 fully saturated rings. The number of alkyl halides is 3. The van der Waals surface area contributed by atoms with Gasteiger partial charge in [0.05, 0.1) is 12.1 Å². The highest BCUT2D eigenvalue weighted by molar-refractivity contribution is 5.77. The Bertz CT molecular complexity index is 510. The fraction of sp³-hybridized carbons (Fsp3) is 0.533. The predicted molar refractivity (Wildman–Crippen MR) is 78.8 cm³/mol. The number of hydrogen-bond acceptors (Lipinski definition) is 4. The second kappa shape index (κ2) is 7.65. The lowest BCUT2D eigenvalue weighted by Gasteiger charge is -2.24. The van der Waals surface area contributed by atoms with Crippen molar-refractivity contribution in [1.29, 1.82) is 0 Å². The van der Waals surface area contributed by atoms with E-state index in [4.69, 9.17) is 0 Å². The lowest BCUT2D eigenvalue weighted by Crippen LogP contribution is -2.41. The average Bonchev–Trinajstić information content (AvgIpc) is 2.33. The van der Waals surface area contributed by atoms with Crippen LogP contribution in [0.15, 0.2) is 24.3 Å². The largest absolute Gasteiger partial charge is 0.573 e. The number of ether oxygens (including phenoxy) is 1. The lowest BCUT2D eigenvalue weighted by atomic mass is 10.1. The van der Waals surface area contributed by atoms with Crippen molar-refractivity contribution in [2.75, 3.05) is 20.1 Å². The van der Waals surface area contributed by atoms with Crippen LogP contribution >= 0.6 is 0 Å². The van der Waals surface area contributed by atoms with Crippen molar-refractivity contribution in [2.45, 2.75) is 32.4 Å². The number of benzene rings is 1. The molecule has 0 aliphatic rings. The summed E-state index contributed by atoms with van der Waals surface area (Å²) in [7, 11) is 1.71. The number of nitrogens with one attached hydrogen (secondary N) is 1.